The van der Waals surface area contributed by atoms with Crippen LogP contribution in [0.15, 0.2) is 0 Å². The lowest BCUT2D eigenvalue weighted by Gasteiger charge is -2.29. The molecule has 2 rings (SSSR count). The largest absolute Gasteiger partial charge is 0.392 e. The Morgan fingerprint density at radius 1 is 1.12 bits per heavy atom. The van der Waals surface area contributed by atoms with E-state index in [1.807, 2.05) is 0 Å². The number of hydrogen-bond donors (Lipinski definition) is 2. The third kappa shape index (κ3) is 3.46. The van der Waals surface area contributed by atoms with Gasteiger partial charge in [-0.25, -0.2) is 0 Å². The molecule has 2 aliphatic carbocycles. The predicted octanol–water partition coefficient (Wildman–Crippen LogP) is 2.71. The summed E-state index contributed by atoms with van der Waals surface area (Å²) in [7, 11) is 0. The van der Waals surface area contributed by atoms with Gasteiger partial charge in [0.05, 0.1) is 6.10 Å². The quantitative estimate of drug-likeness (QED) is 0.771. The molecule has 0 bridgehead atoms. The Bertz CT molecular complexity index is 199. The lowest BCUT2D eigenvalue weighted by molar-refractivity contribution is 0.102. The molecule has 0 aromatic rings. The molecule has 0 heterocycles. The van der Waals surface area contributed by atoms with Crippen molar-refractivity contribution in [3.8, 4) is 0 Å². The molecule has 16 heavy (non-hydrogen) atoms. The van der Waals surface area contributed by atoms with Crippen molar-refractivity contribution in [1.82, 2.24) is 5.32 Å². The summed E-state index contributed by atoms with van der Waals surface area (Å²) in [4.78, 5) is 0. The maximum Gasteiger partial charge on any atom is 0.0692 e. The van der Waals surface area contributed by atoms with Gasteiger partial charge in [0, 0.05) is 12.6 Å². The van der Waals surface area contributed by atoms with E-state index < -0.39 is 0 Å². The van der Waals surface area contributed by atoms with Crippen LogP contribution in [0.1, 0.15) is 58.3 Å². The molecule has 0 aromatic carbocycles. The normalized spacial score (nSPS) is 34.1. The van der Waals surface area contributed by atoms with E-state index in [1.165, 1.54) is 51.4 Å². The van der Waals surface area contributed by atoms with Gasteiger partial charge in [-0.15, -0.1) is 0 Å². The van der Waals surface area contributed by atoms with Crippen LogP contribution in [-0.2, 0) is 0 Å². The number of aliphatic hydroxyl groups is 1. The van der Waals surface area contributed by atoms with Crippen LogP contribution in [0.5, 0.6) is 0 Å². The van der Waals surface area contributed by atoms with Gasteiger partial charge in [0.25, 0.3) is 0 Å². The van der Waals surface area contributed by atoms with E-state index in [4.69, 9.17) is 0 Å². The van der Waals surface area contributed by atoms with Crippen LogP contribution in [0.4, 0.5) is 0 Å². The Morgan fingerprint density at radius 2 is 1.88 bits per heavy atom. The monoisotopic (exact) mass is 225 g/mol. The van der Waals surface area contributed by atoms with E-state index in [9.17, 15) is 5.11 Å². The van der Waals surface area contributed by atoms with Crippen molar-refractivity contribution in [2.24, 2.45) is 11.8 Å². The van der Waals surface area contributed by atoms with Gasteiger partial charge in [-0.3, -0.25) is 0 Å². The van der Waals surface area contributed by atoms with Gasteiger partial charge in [0.15, 0.2) is 0 Å². The summed E-state index contributed by atoms with van der Waals surface area (Å²) in [5.74, 6) is 1.45. The first-order chi connectivity index (χ1) is 7.75. The summed E-state index contributed by atoms with van der Waals surface area (Å²) in [6.07, 6.45) is 10.4. The van der Waals surface area contributed by atoms with E-state index >= 15 is 0 Å². The molecule has 3 atom stereocenters. The maximum absolute atomic E-state index is 10.1. The topological polar surface area (TPSA) is 32.3 Å². The average molecular weight is 225 g/mol. The van der Waals surface area contributed by atoms with E-state index in [-0.39, 0.29) is 6.10 Å². The van der Waals surface area contributed by atoms with Gasteiger partial charge in [-0.05, 0) is 37.5 Å². The zero-order valence-corrected chi connectivity index (χ0v) is 10.6. The summed E-state index contributed by atoms with van der Waals surface area (Å²) in [6.45, 7) is 3.17. The van der Waals surface area contributed by atoms with Gasteiger partial charge in [-0.1, -0.05) is 32.6 Å². The molecule has 2 N–H and O–H groups in total. The van der Waals surface area contributed by atoms with Crippen molar-refractivity contribution < 1.29 is 5.11 Å². The van der Waals surface area contributed by atoms with Crippen LogP contribution in [0.2, 0.25) is 0 Å². The fourth-order valence-electron chi connectivity index (χ4n) is 3.42. The first kappa shape index (κ1) is 12.4. The molecule has 2 nitrogen and oxygen atoms in total. The molecule has 0 aliphatic heterocycles. The number of hydrogen-bond acceptors (Lipinski definition) is 2. The van der Waals surface area contributed by atoms with E-state index in [0.717, 1.165) is 12.5 Å². The highest BCUT2D eigenvalue weighted by Gasteiger charge is 2.24. The van der Waals surface area contributed by atoms with Crippen molar-refractivity contribution in [3.05, 3.63) is 0 Å². The van der Waals surface area contributed by atoms with Crippen molar-refractivity contribution in [1.29, 1.82) is 0 Å². The molecular formula is C14H27NO. The molecule has 2 aliphatic rings. The van der Waals surface area contributed by atoms with E-state index in [2.05, 4.69) is 12.2 Å². The zero-order valence-electron chi connectivity index (χ0n) is 10.6. The molecule has 2 fully saturated rings. The fraction of sp³-hybridized carbons (Fsp3) is 1.00. The van der Waals surface area contributed by atoms with Crippen molar-refractivity contribution in [3.63, 3.8) is 0 Å². The summed E-state index contributed by atoms with van der Waals surface area (Å²) in [5.41, 5.74) is 0. The Kier molecular flexibility index (Phi) is 4.66. The molecule has 0 saturated heterocycles. The molecule has 2 saturated carbocycles. The predicted molar refractivity (Wildman–Crippen MR) is 67.4 cm³/mol. The third-order valence-corrected chi connectivity index (χ3v) is 4.50. The standard InChI is InChI=1S/C14H27NO/c1-11-5-4-8-13(9-11)15-10-14(16)12-6-2-3-7-12/h11-16H,2-10H2,1H3. The zero-order chi connectivity index (χ0) is 11.4. The summed E-state index contributed by atoms with van der Waals surface area (Å²) >= 11 is 0. The lowest BCUT2D eigenvalue weighted by Crippen LogP contribution is -2.40. The summed E-state index contributed by atoms with van der Waals surface area (Å²) in [6, 6.07) is 0.666. The van der Waals surface area contributed by atoms with Crippen molar-refractivity contribution in [2.75, 3.05) is 6.54 Å². The average Bonchev–Trinajstić information content (AvgIpc) is 2.79. The smallest absolute Gasteiger partial charge is 0.0692 e. The molecule has 94 valence electrons. The minimum absolute atomic E-state index is 0.0975. The highest BCUT2D eigenvalue weighted by atomic mass is 16.3. The second kappa shape index (κ2) is 6.02. The van der Waals surface area contributed by atoms with E-state index in [0.29, 0.717) is 12.0 Å². The Balaban J connectivity index is 1.65. The highest BCUT2D eigenvalue weighted by Crippen LogP contribution is 2.28. The molecule has 0 radical (unpaired) electrons. The molecule has 0 amide bonds. The van der Waals surface area contributed by atoms with Crippen molar-refractivity contribution in [2.45, 2.75) is 70.4 Å². The number of rotatable bonds is 4. The second-order valence-corrected chi connectivity index (χ2v) is 5.99. The van der Waals surface area contributed by atoms with Crippen LogP contribution >= 0.6 is 0 Å². The minimum atomic E-state index is -0.0975. The van der Waals surface area contributed by atoms with Gasteiger partial charge in [-0.2, -0.15) is 0 Å². The number of nitrogens with one attached hydrogen (secondary N) is 1. The van der Waals surface area contributed by atoms with Gasteiger partial charge in [0.1, 0.15) is 0 Å². The molecular weight excluding hydrogens is 198 g/mol. The first-order valence-corrected chi connectivity index (χ1v) is 7.17. The SMILES string of the molecule is CC1CCCC(NCC(O)C2CCCC2)C1. The van der Waals surface area contributed by atoms with Crippen LogP contribution in [0, 0.1) is 11.8 Å². The van der Waals surface area contributed by atoms with Crippen LogP contribution in [0.3, 0.4) is 0 Å². The minimum Gasteiger partial charge on any atom is -0.392 e. The molecule has 0 spiro atoms. The second-order valence-electron chi connectivity index (χ2n) is 5.99. The Morgan fingerprint density at radius 3 is 2.56 bits per heavy atom. The Hall–Kier alpha value is -0.0800. The van der Waals surface area contributed by atoms with Gasteiger partial charge in [0.2, 0.25) is 0 Å². The van der Waals surface area contributed by atoms with Crippen LogP contribution < -0.4 is 5.32 Å². The van der Waals surface area contributed by atoms with Gasteiger partial charge >= 0.3 is 0 Å². The lowest BCUT2D eigenvalue weighted by atomic mass is 9.87. The van der Waals surface area contributed by atoms with E-state index in [1.54, 1.807) is 0 Å². The highest BCUT2D eigenvalue weighted by molar-refractivity contribution is 4.80. The first-order valence-electron chi connectivity index (χ1n) is 7.17. The molecule has 3 unspecified atom stereocenters. The van der Waals surface area contributed by atoms with Crippen LogP contribution in [-0.4, -0.2) is 23.8 Å². The van der Waals surface area contributed by atoms with Gasteiger partial charge < -0.3 is 10.4 Å². The molecule has 2 heteroatoms. The van der Waals surface area contributed by atoms with Crippen LogP contribution in [0.25, 0.3) is 0 Å². The number of aliphatic hydroxyl groups excluding tert-OH is 1. The molecule has 0 aromatic heterocycles. The maximum atomic E-state index is 10.1. The third-order valence-electron chi connectivity index (χ3n) is 4.50. The van der Waals surface area contributed by atoms with Crippen molar-refractivity contribution >= 4 is 0 Å². The summed E-state index contributed by atoms with van der Waals surface area (Å²) < 4.78 is 0. The fourth-order valence-corrected chi connectivity index (χ4v) is 3.42. The summed E-state index contributed by atoms with van der Waals surface area (Å²) in [5, 5.41) is 13.7. The Labute approximate surface area is 99.8 Å².